The highest BCUT2D eigenvalue weighted by Crippen LogP contribution is 2.43. The second kappa shape index (κ2) is 15.4. The molecule has 45 heavy (non-hydrogen) atoms. The molecule has 3 nitrogen and oxygen atoms in total. The van der Waals surface area contributed by atoms with E-state index in [9.17, 15) is 0 Å². The zero-order valence-electron chi connectivity index (χ0n) is 25.8. The molecule has 6 aromatic rings. The maximum absolute atomic E-state index is 7.27. The van der Waals surface area contributed by atoms with Crippen LogP contribution in [0.5, 0.6) is 5.75 Å². The molecule has 0 spiro atoms. The zero-order valence-corrected chi connectivity index (χ0v) is 27.6. The number of benzene rings is 6. The van der Waals surface area contributed by atoms with Gasteiger partial charge in [-0.25, -0.2) is 0 Å². The lowest BCUT2D eigenvalue weighted by atomic mass is 10.1. The van der Waals surface area contributed by atoms with Crippen LogP contribution in [0.3, 0.4) is 0 Å². The Balaban J connectivity index is 1.38. The van der Waals surface area contributed by atoms with E-state index < -0.39 is 16.2 Å². The lowest BCUT2D eigenvalue weighted by molar-refractivity contribution is 0.120. The molecule has 1 atom stereocenters. The summed E-state index contributed by atoms with van der Waals surface area (Å²) in [7, 11) is -1.89. The summed E-state index contributed by atoms with van der Waals surface area (Å²) in [4.78, 5) is 0. The average Bonchev–Trinajstić information content (AvgIpc) is 3.10. The maximum atomic E-state index is 7.27. The van der Waals surface area contributed by atoms with Crippen LogP contribution < -0.4 is 26.0 Å². The van der Waals surface area contributed by atoms with Crippen LogP contribution in [0, 0.1) is 0 Å². The normalized spacial score (nSPS) is 12.3. The van der Waals surface area contributed by atoms with Crippen LogP contribution in [0.2, 0.25) is 0 Å². The minimum Gasteiger partial charge on any atom is -0.490 e. The van der Waals surface area contributed by atoms with Crippen molar-refractivity contribution in [3.8, 4) is 5.75 Å². The van der Waals surface area contributed by atoms with E-state index in [1.54, 1.807) is 0 Å². The molecule has 0 bridgehead atoms. The van der Waals surface area contributed by atoms with Crippen molar-refractivity contribution in [2.24, 2.45) is 0 Å². The summed E-state index contributed by atoms with van der Waals surface area (Å²) in [6.45, 7) is 5.74. The van der Waals surface area contributed by atoms with Gasteiger partial charge in [0.05, 0.1) is 8.15 Å². The Hall–Kier alpha value is -3.84. The minimum absolute atomic E-state index is 0.199. The van der Waals surface area contributed by atoms with Gasteiger partial charge in [0.2, 0.25) is 0 Å². The summed E-state index contributed by atoms with van der Waals surface area (Å²) >= 11 is 0. The number of ether oxygens (including phenoxy) is 1. The number of hydrogen-bond donors (Lipinski definition) is 0. The van der Waals surface area contributed by atoms with Gasteiger partial charge in [-0.1, -0.05) is 158 Å². The Morgan fingerprint density at radius 3 is 1.53 bits per heavy atom. The fourth-order valence-corrected chi connectivity index (χ4v) is 9.94. The number of hydrogen-bond acceptors (Lipinski definition) is 3. The maximum Gasteiger partial charge on any atom is 0.127 e. The number of fused-ring (bicyclic) bond motifs is 1. The van der Waals surface area contributed by atoms with Gasteiger partial charge in [0.15, 0.2) is 0 Å². The van der Waals surface area contributed by atoms with E-state index in [0.717, 1.165) is 17.7 Å². The first-order chi connectivity index (χ1) is 22.2. The summed E-state index contributed by atoms with van der Waals surface area (Å²) < 4.78 is 16.6. The summed E-state index contributed by atoms with van der Waals surface area (Å²) in [5, 5.41) is 7.33. The molecule has 6 rings (SSSR count). The van der Waals surface area contributed by atoms with Gasteiger partial charge < -0.3 is 9.26 Å². The van der Waals surface area contributed by atoms with Crippen LogP contribution in [0.1, 0.15) is 13.8 Å². The van der Waals surface area contributed by atoms with Gasteiger partial charge in [-0.05, 0) is 35.9 Å². The molecule has 0 unspecified atom stereocenters. The topological polar surface area (TPSA) is 21.7 Å². The van der Waals surface area contributed by atoms with Gasteiger partial charge in [0.25, 0.3) is 0 Å². The van der Waals surface area contributed by atoms with E-state index in [1.165, 1.54) is 26.6 Å². The highest BCUT2D eigenvalue weighted by Gasteiger charge is 2.30. The third-order valence-corrected chi connectivity index (χ3v) is 12.4. The highest BCUT2D eigenvalue weighted by atomic mass is 31.1. The van der Waals surface area contributed by atoms with Crippen molar-refractivity contribution in [3.05, 3.63) is 164 Å². The van der Waals surface area contributed by atoms with Gasteiger partial charge in [0.1, 0.15) is 18.5 Å². The van der Waals surface area contributed by atoms with Crippen molar-refractivity contribution in [3.63, 3.8) is 0 Å². The fraction of sp³-hybridized carbons (Fsp3) is 0.150. The Labute approximate surface area is 270 Å². The van der Waals surface area contributed by atoms with Crippen molar-refractivity contribution in [1.29, 1.82) is 0 Å². The van der Waals surface area contributed by atoms with E-state index in [4.69, 9.17) is 9.26 Å². The molecule has 0 aliphatic carbocycles. The Morgan fingerprint density at radius 2 is 1.00 bits per heavy atom. The smallest absolute Gasteiger partial charge is 0.127 e. The van der Waals surface area contributed by atoms with Gasteiger partial charge in [0, 0.05) is 36.7 Å². The third kappa shape index (κ3) is 7.88. The van der Waals surface area contributed by atoms with Gasteiger partial charge >= 0.3 is 0 Å². The van der Waals surface area contributed by atoms with Crippen LogP contribution >= 0.6 is 16.2 Å². The summed E-state index contributed by atoms with van der Waals surface area (Å²) in [6, 6.07) is 58.0. The first-order valence-corrected chi connectivity index (χ1v) is 18.1. The molecule has 6 aromatic carbocycles. The molecule has 226 valence electrons. The lowest BCUT2D eigenvalue weighted by Crippen LogP contribution is -2.42. The fourth-order valence-electron chi connectivity index (χ4n) is 5.48. The van der Waals surface area contributed by atoms with Crippen LogP contribution in [-0.4, -0.2) is 30.0 Å². The van der Waals surface area contributed by atoms with Crippen molar-refractivity contribution in [2.45, 2.75) is 26.0 Å². The molecule has 0 aromatic heterocycles. The van der Waals surface area contributed by atoms with E-state index in [1.807, 2.05) is 0 Å². The van der Waals surface area contributed by atoms with Crippen LogP contribution in [0.4, 0.5) is 0 Å². The Kier molecular flexibility index (Phi) is 10.7. The average molecular weight is 628 g/mol. The van der Waals surface area contributed by atoms with Crippen molar-refractivity contribution in [1.82, 2.24) is 4.67 Å². The molecule has 0 amide bonds. The quantitative estimate of drug-likeness (QED) is 0.120. The van der Waals surface area contributed by atoms with Gasteiger partial charge in [-0.15, -0.1) is 0 Å². The largest absolute Gasteiger partial charge is 0.490 e. The molecule has 0 N–H and O–H groups in total. The Bertz CT molecular complexity index is 1670. The summed E-state index contributed by atoms with van der Waals surface area (Å²) in [5.41, 5.74) is 0. The van der Waals surface area contributed by atoms with Gasteiger partial charge in [-0.2, -0.15) is 0 Å². The Morgan fingerprint density at radius 1 is 0.533 bits per heavy atom. The first kappa shape index (κ1) is 31.2. The second-order valence-corrected chi connectivity index (χ2v) is 15.2. The van der Waals surface area contributed by atoms with E-state index in [-0.39, 0.29) is 12.1 Å². The highest BCUT2D eigenvalue weighted by molar-refractivity contribution is 7.70. The molecule has 0 saturated heterocycles. The zero-order chi connectivity index (χ0) is 30.8. The van der Waals surface area contributed by atoms with E-state index in [0.29, 0.717) is 6.61 Å². The van der Waals surface area contributed by atoms with Crippen LogP contribution in [0.15, 0.2) is 164 Å². The van der Waals surface area contributed by atoms with E-state index >= 15 is 0 Å². The van der Waals surface area contributed by atoms with Crippen molar-refractivity contribution in [2.75, 3.05) is 13.2 Å². The third-order valence-electron chi connectivity index (χ3n) is 7.66. The molecule has 0 aliphatic rings. The first-order valence-electron chi connectivity index (χ1n) is 15.5. The summed E-state index contributed by atoms with van der Waals surface area (Å²) in [6.07, 6.45) is -0.199. The van der Waals surface area contributed by atoms with Crippen molar-refractivity contribution < 1.29 is 9.26 Å². The lowest BCUT2D eigenvalue weighted by Gasteiger charge is -2.38. The molecule has 0 heterocycles. The predicted molar refractivity (Wildman–Crippen MR) is 194 cm³/mol. The minimum atomic E-state index is -1.08. The monoisotopic (exact) mass is 627 g/mol. The second-order valence-electron chi connectivity index (χ2n) is 11.2. The SMILES string of the molecule is CC(C)N(C[C@@H](COc1cccc2ccccc12)OP(c1ccccc1)c1ccccc1)P(c1ccccc1)c1ccccc1. The number of rotatable bonds is 13. The molecule has 0 fully saturated rings. The molecule has 0 aliphatic heterocycles. The molecule has 5 heteroatoms. The molecule has 0 radical (unpaired) electrons. The van der Waals surface area contributed by atoms with E-state index in [2.05, 4.69) is 182 Å². The molecular formula is C40H39NO2P2. The number of nitrogens with zero attached hydrogens (tertiary/aromatic N) is 1. The molecular weight excluding hydrogens is 588 g/mol. The van der Waals surface area contributed by atoms with Crippen LogP contribution in [-0.2, 0) is 4.52 Å². The summed E-state index contributed by atoms with van der Waals surface area (Å²) in [5.74, 6) is 0.884. The van der Waals surface area contributed by atoms with Crippen molar-refractivity contribution >= 4 is 48.2 Å². The predicted octanol–water partition coefficient (Wildman–Crippen LogP) is 8.41. The molecule has 0 saturated carbocycles. The standard InChI is InChI=1S/C40H39NO2P2/c1-32(2)41(44(35-20-7-3-8-21-35)36-22-9-4-10-23-36)30-34(31-42-40-29-17-19-33-18-15-16-28-39(33)40)43-45(37-24-11-5-12-25-37)38-26-13-6-14-27-38/h3-29,32,34H,30-31H2,1-2H3/t34-/m0/s1. The van der Waals surface area contributed by atoms with Gasteiger partial charge in [-0.3, -0.25) is 4.67 Å². The van der Waals surface area contributed by atoms with Crippen LogP contribution in [0.25, 0.3) is 10.8 Å².